The molecule has 0 aliphatic heterocycles. The Kier molecular flexibility index (Phi) is 7.39. The molecule has 3 aromatic rings. The molecule has 1 amide bonds. The number of rotatable bonds is 8. The van der Waals surface area contributed by atoms with Crippen LogP contribution in [0.2, 0.25) is 0 Å². The molecule has 12 heteroatoms. The fraction of sp³-hybridized carbons (Fsp3) is 0.190. The Balaban J connectivity index is 1.81. The average Bonchev–Trinajstić information content (AvgIpc) is 3.10. The first kappa shape index (κ1) is 24.3. The lowest BCUT2D eigenvalue weighted by molar-refractivity contribution is -0.116. The molecule has 174 valence electrons. The lowest BCUT2D eigenvalue weighted by Gasteiger charge is -2.08. The zero-order valence-electron chi connectivity index (χ0n) is 17.7. The third-order valence-corrected chi connectivity index (χ3v) is 7.11. The first-order valence-electron chi connectivity index (χ1n) is 9.65. The topological polar surface area (TPSA) is 133 Å². The van der Waals surface area contributed by atoms with E-state index in [1.807, 2.05) is 0 Å². The summed E-state index contributed by atoms with van der Waals surface area (Å²) in [6.07, 6.45) is 1.63. The zero-order valence-corrected chi connectivity index (χ0v) is 19.4. The number of nitrogen functional groups attached to an aromatic ring is 1. The molecule has 0 bridgehead atoms. The third-order valence-electron chi connectivity index (χ3n) is 4.48. The van der Waals surface area contributed by atoms with Crippen LogP contribution in [0.5, 0.6) is 0 Å². The van der Waals surface area contributed by atoms with Crippen molar-refractivity contribution in [3.8, 4) is 0 Å². The number of amides is 1. The molecule has 33 heavy (non-hydrogen) atoms. The summed E-state index contributed by atoms with van der Waals surface area (Å²) in [5.41, 5.74) is 6.82. The number of sulfone groups is 1. The minimum Gasteiger partial charge on any atom is -0.462 e. The van der Waals surface area contributed by atoms with Crippen LogP contribution in [-0.4, -0.2) is 42.9 Å². The van der Waals surface area contributed by atoms with Gasteiger partial charge in [0.1, 0.15) is 28.1 Å². The van der Waals surface area contributed by atoms with Crippen LogP contribution >= 0.6 is 11.8 Å². The molecule has 3 rings (SSSR count). The standard InChI is InChI=1S/C21H21FN4O5S2/c1-3-31-21(28)13-4-8-15(9-5-13)24-17(27)12-26-19(23)18(20(25-26)32-2)33(29,30)16-10-6-14(22)7-11-16/h4-11H,3,12,23H2,1-2H3,(H,24,27). The van der Waals surface area contributed by atoms with Crippen molar-refractivity contribution in [3.63, 3.8) is 0 Å². The number of aromatic nitrogens is 2. The first-order chi connectivity index (χ1) is 15.7. The molecule has 0 spiro atoms. The molecule has 0 saturated carbocycles. The molecule has 2 aromatic carbocycles. The van der Waals surface area contributed by atoms with Crippen LogP contribution in [0.4, 0.5) is 15.9 Å². The second-order valence-corrected chi connectivity index (χ2v) is 9.37. The van der Waals surface area contributed by atoms with Crippen molar-refractivity contribution in [3.05, 3.63) is 59.9 Å². The lowest BCUT2D eigenvalue weighted by Crippen LogP contribution is -2.21. The van der Waals surface area contributed by atoms with E-state index in [2.05, 4.69) is 10.4 Å². The Bertz CT molecular complexity index is 1270. The quantitative estimate of drug-likeness (QED) is 0.279. The fourth-order valence-electron chi connectivity index (χ4n) is 2.91. The van der Waals surface area contributed by atoms with Gasteiger partial charge in [-0.25, -0.2) is 22.3 Å². The normalized spacial score (nSPS) is 11.2. The molecule has 0 radical (unpaired) electrons. The Morgan fingerprint density at radius 2 is 1.79 bits per heavy atom. The van der Waals surface area contributed by atoms with Crippen LogP contribution in [0.25, 0.3) is 0 Å². The van der Waals surface area contributed by atoms with E-state index in [1.165, 1.54) is 24.3 Å². The predicted molar refractivity (Wildman–Crippen MR) is 121 cm³/mol. The van der Waals surface area contributed by atoms with Crippen LogP contribution in [0.1, 0.15) is 17.3 Å². The molecule has 1 heterocycles. The number of anilines is 2. The van der Waals surface area contributed by atoms with Gasteiger partial charge in [0.2, 0.25) is 15.7 Å². The second kappa shape index (κ2) is 10.0. The Labute approximate surface area is 194 Å². The van der Waals surface area contributed by atoms with Crippen molar-refractivity contribution in [1.82, 2.24) is 9.78 Å². The summed E-state index contributed by atoms with van der Waals surface area (Å²) in [7, 11) is -4.09. The molecule has 0 atom stereocenters. The summed E-state index contributed by atoms with van der Waals surface area (Å²) in [4.78, 5) is 23.8. The van der Waals surface area contributed by atoms with Crippen LogP contribution in [0.3, 0.4) is 0 Å². The number of carbonyl (C=O) groups is 2. The number of thioether (sulfide) groups is 1. The maximum absolute atomic E-state index is 13.2. The summed E-state index contributed by atoms with van der Waals surface area (Å²) in [6, 6.07) is 10.4. The highest BCUT2D eigenvalue weighted by Crippen LogP contribution is 2.34. The van der Waals surface area contributed by atoms with Gasteiger partial charge in [-0.05, 0) is 61.7 Å². The minimum atomic E-state index is -4.09. The number of nitrogens with zero attached hydrogens (tertiary/aromatic N) is 2. The third kappa shape index (κ3) is 5.34. The molecule has 1 aromatic heterocycles. The predicted octanol–water partition coefficient (Wildman–Crippen LogP) is 2.97. The Hall–Kier alpha value is -3.38. The molecule has 0 unspecified atom stereocenters. The largest absolute Gasteiger partial charge is 0.462 e. The molecule has 0 saturated heterocycles. The number of esters is 1. The smallest absolute Gasteiger partial charge is 0.338 e. The number of halogens is 1. The van der Waals surface area contributed by atoms with E-state index in [1.54, 1.807) is 13.2 Å². The minimum absolute atomic E-state index is 0.114. The van der Waals surface area contributed by atoms with E-state index in [4.69, 9.17) is 10.5 Å². The van der Waals surface area contributed by atoms with Crippen molar-refractivity contribution >= 4 is 45.0 Å². The zero-order chi connectivity index (χ0) is 24.2. The Morgan fingerprint density at radius 3 is 2.36 bits per heavy atom. The maximum Gasteiger partial charge on any atom is 0.338 e. The highest BCUT2D eigenvalue weighted by atomic mass is 32.2. The van der Waals surface area contributed by atoms with E-state index in [0.29, 0.717) is 11.3 Å². The monoisotopic (exact) mass is 492 g/mol. The summed E-state index contributed by atoms with van der Waals surface area (Å²) in [5, 5.41) is 6.90. The van der Waals surface area contributed by atoms with E-state index in [-0.39, 0.29) is 33.8 Å². The number of carbonyl (C=O) groups excluding carboxylic acids is 2. The second-order valence-electron chi connectivity index (χ2n) is 6.68. The van der Waals surface area contributed by atoms with Crippen LogP contribution in [-0.2, 0) is 25.9 Å². The molecular weight excluding hydrogens is 471 g/mol. The van der Waals surface area contributed by atoms with Crippen LogP contribution in [0, 0.1) is 5.82 Å². The van der Waals surface area contributed by atoms with Gasteiger partial charge in [0.25, 0.3) is 0 Å². The summed E-state index contributed by atoms with van der Waals surface area (Å²) < 4.78 is 45.3. The van der Waals surface area contributed by atoms with Crippen LogP contribution < -0.4 is 11.1 Å². The van der Waals surface area contributed by atoms with Crippen molar-refractivity contribution < 1.29 is 27.1 Å². The summed E-state index contributed by atoms with van der Waals surface area (Å²) in [5.74, 6) is -1.77. The lowest BCUT2D eigenvalue weighted by atomic mass is 10.2. The maximum atomic E-state index is 13.2. The number of benzene rings is 2. The van der Waals surface area contributed by atoms with Gasteiger partial charge in [-0.1, -0.05) is 0 Å². The molecule has 0 fully saturated rings. The van der Waals surface area contributed by atoms with Gasteiger partial charge in [0.15, 0.2) is 0 Å². The van der Waals surface area contributed by atoms with Crippen molar-refractivity contribution in [1.29, 1.82) is 0 Å². The fourth-order valence-corrected chi connectivity index (χ4v) is 5.35. The van der Waals surface area contributed by atoms with Crippen molar-refractivity contribution in [2.75, 3.05) is 23.9 Å². The highest BCUT2D eigenvalue weighted by molar-refractivity contribution is 7.99. The van der Waals surface area contributed by atoms with Gasteiger partial charge in [0, 0.05) is 5.69 Å². The SMILES string of the molecule is CCOC(=O)c1ccc(NC(=O)Cn2nc(SC)c(S(=O)(=O)c3ccc(F)cc3)c2N)cc1. The average molecular weight is 493 g/mol. The van der Waals surface area contributed by atoms with E-state index < -0.39 is 27.5 Å². The number of nitrogens with one attached hydrogen (secondary N) is 1. The van der Waals surface area contributed by atoms with Gasteiger partial charge >= 0.3 is 5.97 Å². The van der Waals surface area contributed by atoms with E-state index >= 15 is 0 Å². The van der Waals surface area contributed by atoms with Gasteiger partial charge in [-0.3, -0.25) is 4.79 Å². The van der Waals surface area contributed by atoms with Crippen LogP contribution in [0.15, 0.2) is 63.3 Å². The van der Waals surface area contributed by atoms with Crippen molar-refractivity contribution in [2.45, 2.75) is 28.3 Å². The first-order valence-corrected chi connectivity index (χ1v) is 12.4. The summed E-state index contributed by atoms with van der Waals surface area (Å²) in [6.45, 7) is 1.60. The summed E-state index contributed by atoms with van der Waals surface area (Å²) >= 11 is 1.05. The van der Waals surface area contributed by atoms with E-state index in [9.17, 15) is 22.4 Å². The molecule has 0 aliphatic rings. The highest BCUT2D eigenvalue weighted by Gasteiger charge is 2.29. The van der Waals surface area contributed by atoms with Gasteiger partial charge in [0.05, 0.1) is 17.1 Å². The molecule has 3 N–H and O–H groups in total. The Morgan fingerprint density at radius 1 is 1.15 bits per heavy atom. The van der Waals surface area contributed by atoms with E-state index in [0.717, 1.165) is 40.7 Å². The molecular formula is C21H21FN4O5S2. The number of nitrogens with two attached hydrogens (primary N) is 1. The number of hydrogen-bond donors (Lipinski definition) is 2. The molecule has 0 aliphatic carbocycles. The van der Waals surface area contributed by atoms with Crippen molar-refractivity contribution in [2.24, 2.45) is 0 Å². The van der Waals surface area contributed by atoms with Gasteiger partial charge in [-0.2, -0.15) is 5.10 Å². The number of hydrogen-bond acceptors (Lipinski definition) is 8. The van der Waals surface area contributed by atoms with Gasteiger partial charge < -0.3 is 15.8 Å². The number of ether oxygens (including phenoxy) is 1. The van der Waals surface area contributed by atoms with Gasteiger partial charge in [-0.15, -0.1) is 11.8 Å². The molecule has 9 nitrogen and oxygen atoms in total.